The summed E-state index contributed by atoms with van der Waals surface area (Å²) >= 11 is 6.55. The third-order valence-electron chi connectivity index (χ3n) is 4.78. The molecule has 0 saturated heterocycles. The number of anilines is 1. The number of hydrogen-bond donors (Lipinski definition) is 3. The smallest absolute Gasteiger partial charge is 0.319 e. The van der Waals surface area contributed by atoms with Gasteiger partial charge < -0.3 is 15.4 Å². The lowest BCUT2D eigenvalue weighted by molar-refractivity contribution is 0.254. The van der Waals surface area contributed by atoms with Crippen molar-refractivity contribution in [1.29, 1.82) is 0 Å². The van der Waals surface area contributed by atoms with E-state index in [1.165, 1.54) is 0 Å². The molecule has 3 N–H and O–H groups in total. The summed E-state index contributed by atoms with van der Waals surface area (Å²) in [6.45, 7) is 0. The maximum absolute atomic E-state index is 11.6. The molecule has 30 heavy (non-hydrogen) atoms. The van der Waals surface area contributed by atoms with E-state index in [4.69, 9.17) is 16.3 Å². The lowest BCUT2D eigenvalue weighted by atomic mass is 10.1. The fraction of sp³-hybridized carbons (Fsp3) is 0.200. The van der Waals surface area contributed by atoms with Crippen molar-refractivity contribution < 1.29 is 9.53 Å². The molecule has 0 bridgehead atoms. The summed E-state index contributed by atoms with van der Waals surface area (Å²) in [5.41, 5.74) is 3.15. The van der Waals surface area contributed by atoms with E-state index >= 15 is 0 Å². The number of benzene rings is 2. The van der Waals surface area contributed by atoms with E-state index < -0.39 is 0 Å². The molecule has 2 aromatic carbocycles. The van der Waals surface area contributed by atoms with Crippen LogP contribution in [0.25, 0.3) is 22.3 Å². The van der Waals surface area contributed by atoms with Crippen molar-refractivity contribution in [2.45, 2.75) is 6.42 Å². The number of fused-ring (bicyclic) bond motifs is 1. The topological polar surface area (TPSA) is 110 Å². The predicted octanol–water partition coefficient (Wildman–Crippen LogP) is 3.36. The van der Waals surface area contributed by atoms with Crippen LogP contribution in [-0.2, 0) is 13.5 Å². The molecule has 4 aromatic rings. The number of carbonyl (C=O) groups is 1. The molecule has 2 aromatic heterocycles. The third kappa shape index (κ3) is 3.67. The van der Waals surface area contributed by atoms with E-state index in [-0.39, 0.29) is 6.03 Å². The van der Waals surface area contributed by atoms with Crippen molar-refractivity contribution in [2.75, 3.05) is 19.5 Å². The van der Waals surface area contributed by atoms with Gasteiger partial charge >= 0.3 is 6.03 Å². The molecule has 0 saturated carbocycles. The van der Waals surface area contributed by atoms with Crippen molar-refractivity contribution in [2.24, 2.45) is 7.05 Å². The molecule has 0 aliphatic rings. The number of urea groups is 1. The average Bonchev–Trinajstić information content (AvgIpc) is 3.37. The molecule has 0 aliphatic heterocycles. The molecule has 0 spiro atoms. The summed E-state index contributed by atoms with van der Waals surface area (Å²) in [6, 6.07) is 8.95. The second-order valence-corrected chi connectivity index (χ2v) is 7.02. The lowest BCUT2D eigenvalue weighted by Crippen LogP contribution is -2.24. The van der Waals surface area contributed by atoms with Crippen LogP contribution in [-0.4, -0.2) is 45.2 Å². The molecule has 154 valence electrons. The van der Waals surface area contributed by atoms with Gasteiger partial charge in [0.15, 0.2) is 5.82 Å². The zero-order valence-corrected chi connectivity index (χ0v) is 17.4. The van der Waals surface area contributed by atoms with Crippen molar-refractivity contribution in [1.82, 2.24) is 30.3 Å². The number of halogens is 1. The Bertz CT molecular complexity index is 1230. The Labute approximate surface area is 177 Å². The molecule has 2 heterocycles. The standard InChI is InChI=1S/C20H20ClN7O2/c1-22-20(29)24-15-7-5-12(8-16(15)30-3)19-25-17(28(2)27-19)9-11-4-6-14-13(18(11)21)10-23-26-14/h4-8,10H,9H2,1-3H3,(H,23,26)(H2,22,24,29). The third-order valence-corrected chi connectivity index (χ3v) is 5.22. The van der Waals surface area contributed by atoms with E-state index in [1.807, 2.05) is 25.2 Å². The summed E-state index contributed by atoms with van der Waals surface area (Å²) in [6.07, 6.45) is 2.24. The quantitative estimate of drug-likeness (QED) is 0.454. The molecule has 0 atom stereocenters. The van der Waals surface area contributed by atoms with Crippen molar-refractivity contribution in [3.63, 3.8) is 0 Å². The fourth-order valence-electron chi connectivity index (χ4n) is 3.15. The Morgan fingerprint density at radius 3 is 2.90 bits per heavy atom. The SMILES string of the molecule is CNC(=O)Nc1ccc(-c2nc(Cc3ccc4[nH]ncc4c3Cl)n(C)n2)cc1OC. The number of amides is 2. The first-order valence-electron chi connectivity index (χ1n) is 9.17. The van der Waals surface area contributed by atoms with Crippen LogP contribution >= 0.6 is 11.6 Å². The molecule has 0 aliphatic carbocycles. The van der Waals surface area contributed by atoms with Crippen molar-refractivity contribution in [3.05, 3.63) is 52.9 Å². The average molecular weight is 426 g/mol. The van der Waals surface area contributed by atoms with E-state index in [0.717, 1.165) is 27.9 Å². The van der Waals surface area contributed by atoms with Gasteiger partial charge in [-0.3, -0.25) is 9.78 Å². The number of nitrogens with zero attached hydrogens (tertiary/aromatic N) is 4. The Hall–Kier alpha value is -3.59. The summed E-state index contributed by atoms with van der Waals surface area (Å²) in [7, 11) is 4.93. The molecule has 4 rings (SSSR count). The maximum Gasteiger partial charge on any atom is 0.319 e. The number of H-pyrrole nitrogens is 1. The van der Waals surface area contributed by atoms with Gasteiger partial charge in [-0.15, -0.1) is 0 Å². The minimum absolute atomic E-state index is 0.328. The van der Waals surface area contributed by atoms with Crippen molar-refractivity contribution in [3.8, 4) is 17.1 Å². The first kappa shape index (κ1) is 19.7. The second kappa shape index (κ2) is 8.03. The van der Waals surface area contributed by atoms with Gasteiger partial charge in [0.1, 0.15) is 11.6 Å². The van der Waals surface area contributed by atoms with Crippen LogP contribution in [0.2, 0.25) is 5.02 Å². The molecule has 9 nitrogen and oxygen atoms in total. The first-order chi connectivity index (χ1) is 14.5. The Balaban J connectivity index is 1.63. The Morgan fingerprint density at radius 2 is 2.13 bits per heavy atom. The van der Waals surface area contributed by atoms with Crippen LogP contribution < -0.4 is 15.4 Å². The van der Waals surface area contributed by atoms with E-state index in [1.54, 1.807) is 37.2 Å². The highest BCUT2D eigenvalue weighted by Crippen LogP contribution is 2.31. The van der Waals surface area contributed by atoms with Crippen LogP contribution in [0.15, 0.2) is 36.5 Å². The van der Waals surface area contributed by atoms with Crippen molar-refractivity contribution >= 4 is 34.2 Å². The summed E-state index contributed by atoms with van der Waals surface area (Å²) in [4.78, 5) is 16.3. The number of methoxy groups -OCH3 is 1. The van der Waals surface area contributed by atoms with E-state index in [9.17, 15) is 4.79 Å². The van der Waals surface area contributed by atoms with E-state index in [2.05, 4.69) is 30.9 Å². The van der Waals surface area contributed by atoms with Gasteiger partial charge in [-0.05, 0) is 29.8 Å². The molecule has 0 radical (unpaired) electrons. The van der Waals surface area contributed by atoms with Gasteiger partial charge in [-0.1, -0.05) is 17.7 Å². The highest BCUT2D eigenvalue weighted by atomic mass is 35.5. The maximum atomic E-state index is 11.6. The highest BCUT2D eigenvalue weighted by molar-refractivity contribution is 6.36. The van der Waals surface area contributed by atoms with Gasteiger partial charge in [-0.2, -0.15) is 10.2 Å². The monoisotopic (exact) mass is 425 g/mol. The minimum atomic E-state index is -0.328. The Kier molecular flexibility index (Phi) is 5.28. The summed E-state index contributed by atoms with van der Waals surface area (Å²) < 4.78 is 7.13. The number of aromatic amines is 1. The van der Waals surface area contributed by atoms with Crippen LogP contribution in [0.1, 0.15) is 11.4 Å². The Morgan fingerprint density at radius 1 is 1.30 bits per heavy atom. The van der Waals surface area contributed by atoms with E-state index in [0.29, 0.717) is 28.7 Å². The molecule has 10 heteroatoms. The fourth-order valence-corrected chi connectivity index (χ4v) is 3.43. The van der Waals surface area contributed by atoms with Crippen LogP contribution in [0.4, 0.5) is 10.5 Å². The van der Waals surface area contributed by atoms with Gasteiger partial charge in [-0.25, -0.2) is 9.78 Å². The largest absolute Gasteiger partial charge is 0.495 e. The number of nitrogens with one attached hydrogen (secondary N) is 3. The van der Waals surface area contributed by atoms with Gasteiger partial charge in [0, 0.05) is 31.5 Å². The molecule has 0 fully saturated rings. The first-order valence-corrected chi connectivity index (χ1v) is 9.55. The molecule has 0 unspecified atom stereocenters. The number of aromatic nitrogens is 5. The highest BCUT2D eigenvalue weighted by Gasteiger charge is 2.15. The summed E-state index contributed by atoms with van der Waals surface area (Å²) in [5, 5.41) is 18.2. The molecular formula is C20H20ClN7O2. The van der Waals surface area contributed by atoms with Gasteiger partial charge in [0.25, 0.3) is 0 Å². The number of hydrogen-bond acceptors (Lipinski definition) is 5. The minimum Gasteiger partial charge on any atom is -0.495 e. The molecular weight excluding hydrogens is 406 g/mol. The van der Waals surface area contributed by atoms with Crippen LogP contribution in [0.3, 0.4) is 0 Å². The second-order valence-electron chi connectivity index (χ2n) is 6.64. The lowest BCUT2D eigenvalue weighted by Gasteiger charge is -2.10. The number of ether oxygens (including phenoxy) is 1. The number of carbonyl (C=O) groups excluding carboxylic acids is 1. The zero-order valence-electron chi connectivity index (χ0n) is 16.7. The normalized spacial score (nSPS) is 10.9. The predicted molar refractivity (Wildman–Crippen MR) is 115 cm³/mol. The number of aryl methyl sites for hydroxylation is 1. The van der Waals surface area contributed by atoms with Crippen LogP contribution in [0, 0.1) is 0 Å². The number of rotatable bonds is 5. The molecule has 2 amide bonds. The summed E-state index contributed by atoms with van der Waals surface area (Å²) in [5.74, 6) is 1.83. The van der Waals surface area contributed by atoms with Crippen LogP contribution in [0.5, 0.6) is 5.75 Å². The van der Waals surface area contributed by atoms with Gasteiger partial charge in [0.2, 0.25) is 0 Å². The zero-order chi connectivity index (χ0) is 21.3. The van der Waals surface area contributed by atoms with Gasteiger partial charge in [0.05, 0.1) is 29.5 Å².